The second kappa shape index (κ2) is 4.74. The summed E-state index contributed by atoms with van der Waals surface area (Å²) in [7, 11) is 0. The minimum atomic E-state index is -0.699. The number of aliphatic carboxylic acids is 1. The van der Waals surface area contributed by atoms with Gasteiger partial charge in [-0.1, -0.05) is 23.7 Å². The second-order valence-corrected chi connectivity index (χ2v) is 5.38. The van der Waals surface area contributed by atoms with Crippen molar-refractivity contribution in [3.8, 4) is 0 Å². The molecule has 1 fully saturated rings. The standard InChI is InChI=1S/C15H14ClNO2/c16-13-3-1-11-8-14(4-2-10(11)7-13)17-6-5-12(9-17)15(18)19/h1-4,7-8,12H,5-6,9H2,(H,18,19). The number of anilines is 1. The highest BCUT2D eigenvalue weighted by Gasteiger charge is 2.28. The number of halogens is 1. The molecule has 19 heavy (non-hydrogen) atoms. The molecular formula is C15H14ClNO2. The Hall–Kier alpha value is -1.74. The van der Waals surface area contributed by atoms with Crippen LogP contribution in [0.25, 0.3) is 10.8 Å². The van der Waals surface area contributed by atoms with E-state index in [4.69, 9.17) is 16.7 Å². The quantitative estimate of drug-likeness (QED) is 0.913. The van der Waals surface area contributed by atoms with Crippen molar-refractivity contribution in [2.24, 2.45) is 5.92 Å². The minimum absolute atomic E-state index is 0.249. The summed E-state index contributed by atoms with van der Waals surface area (Å²) < 4.78 is 0. The van der Waals surface area contributed by atoms with E-state index in [2.05, 4.69) is 11.0 Å². The molecule has 2 aromatic carbocycles. The molecule has 4 heteroatoms. The first kappa shape index (κ1) is 12.3. The fourth-order valence-corrected chi connectivity index (χ4v) is 2.78. The van der Waals surface area contributed by atoms with Crippen LogP contribution in [0, 0.1) is 5.92 Å². The van der Waals surface area contributed by atoms with Gasteiger partial charge in [-0.2, -0.15) is 0 Å². The summed E-state index contributed by atoms with van der Waals surface area (Å²) in [5, 5.41) is 12.0. The number of hydrogen-bond acceptors (Lipinski definition) is 2. The zero-order valence-electron chi connectivity index (χ0n) is 10.3. The molecule has 3 rings (SSSR count). The number of carbonyl (C=O) groups is 1. The number of hydrogen-bond donors (Lipinski definition) is 1. The van der Waals surface area contributed by atoms with Crippen molar-refractivity contribution in [1.82, 2.24) is 0 Å². The maximum atomic E-state index is 11.0. The maximum absolute atomic E-state index is 11.0. The number of carboxylic acid groups (broad SMARTS) is 1. The highest BCUT2D eigenvalue weighted by Crippen LogP contribution is 2.28. The average molecular weight is 276 g/mol. The van der Waals surface area contributed by atoms with Gasteiger partial charge < -0.3 is 10.0 Å². The monoisotopic (exact) mass is 275 g/mol. The average Bonchev–Trinajstić information content (AvgIpc) is 2.88. The van der Waals surface area contributed by atoms with Gasteiger partial charge in [-0.15, -0.1) is 0 Å². The molecule has 1 unspecified atom stereocenters. The van der Waals surface area contributed by atoms with Gasteiger partial charge in [0.25, 0.3) is 0 Å². The van der Waals surface area contributed by atoms with Gasteiger partial charge in [0.2, 0.25) is 0 Å². The zero-order valence-corrected chi connectivity index (χ0v) is 11.1. The number of carboxylic acids is 1. The Bertz CT molecular complexity index is 641. The van der Waals surface area contributed by atoms with E-state index in [-0.39, 0.29) is 5.92 Å². The first-order valence-electron chi connectivity index (χ1n) is 6.30. The Morgan fingerprint density at radius 1 is 1.21 bits per heavy atom. The summed E-state index contributed by atoms with van der Waals surface area (Å²) in [6.45, 7) is 1.39. The Labute approximate surface area is 116 Å². The van der Waals surface area contributed by atoms with Crippen LogP contribution in [-0.4, -0.2) is 24.2 Å². The molecule has 0 bridgehead atoms. The van der Waals surface area contributed by atoms with Crippen LogP contribution in [-0.2, 0) is 4.79 Å². The molecule has 0 aliphatic carbocycles. The topological polar surface area (TPSA) is 40.5 Å². The molecule has 0 saturated carbocycles. The third-order valence-corrected chi connectivity index (χ3v) is 3.92. The van der Waals surface area contributed by atoms with Crippen molar-refractivity contribution in [2.45, 2.75) is 6.42 Å². The highest BCUT2D eigenvalue weighted by molar-refractivity contribution is 6.31. The van der Waals surface area contributed by atoms with E-state index >= 15 is 0 Å². The van der Waals surface area contributed by atoms with Crippen LogP contribution in [0.1, 0.15) is 6.42 Å². The van der Waals surface area contributed by atoms with Crippen LogP contribution in [0.3, 0.4) is 0 Å². The number of benzene rings is 2. The lowest BCUT2D eigenvalue weighted by Crippen LogP contribution is -2.22. The van der Waals surface area contributed by atoms with Crippen molar-refractivity contribution >= 4 is 34.0 Å². The molecule has 1 N–H and O–H groups in total. The van der Waals surface area contributed by atoms with Crippen molar-refractivity contribution in [3.05, 3.63) is 41.4 Å². The van der Waals surface area contributed by atoms with Crippen LogP contribution < -0.4 is 4.90 Å². The van der Waals surface area contributed by atoms with Gasteiger partial charge in [0.05, 0.1) is 5.92 Å². The molecule has 0 aromatic heterocycles. The summed E-state index contributed by atoms with van der Waals surface area (Å²) >= 11 is 5.96. The summed E-state index contributed by atoms with van der Waals surface area (Å²) in [4.78, 5) is 13.1. The van der Waals surface area contributed by atoms with Crippen molar-refractivity contribution in [3.63, 3.8) is 0 Å². The predicted octanol–water partition coefficient (Wildman–Crippen LogP) is 3.40. The second-order valence-electron chi connectivity index (χ2n) is 4.95. The molecule has 1 atom stereocenters. The zero-order chi connectivity index (χ0) is 13.4. The van der Waals surface area contributed by atoms with E-state index in [1.807, 2.05) is 30.3 Å². The van der Waals surface area contributed by atoms with E-state index in [1.54, 1.807) is 0 Å². The third-order valence-electron chi connectivity index (χ3n) is 3.69. The highest BCUT2D eigenvalue weighted by atomic mass is 35.5. The number of rotatable bonds is 2. The lowest BCUT2D eigenvalue weighted by atomic mass is 10.1. The molecule has 2 aromatic rings. The normalized spacial score (nSPS) is 19.0. The summed E-state index contributed by atoms with van der Waals surface area (Å²) in [5.74, 6) is -0.948. The Kier molecular flexibility index (Phi) is 3.07. The van der Waals surface area contributed by atoms with Crippen LogP contribution in [0.4, 0.5) is 5.69 Å². The van der Waals surface area contributed by atoms with E-state index < -0.39 is 5.97 Å². The summed E-state index contributed by atoms with van der Waals surface area (Å²) in [5.41, 5.74) is 1.08. The van der Waals surface area contributed by atoms with Gasteiger partial charge in [-0.3, -0.25) is 4.79 Å². The molecule has 0 radical (unpaired) electrons. The van der Waals surface area contributed by atoms with Crippen LogP contribution in [0.5, 0.6) is 0 Å². The molecule has 98 valence electrons. The Morgan fingerprint density at radius 3 is 2.68 bits per heavy atom. The van der Waals surface area contributed by atoms with E-state index in [1.165, 1.54) is 0 Å². The maximum Gasteiger partial charge on any atom is 0.308 e. The van der Waals surface area contributed by atoms with E-state index in [0.717, 1.165) is 28.0 Å². The summed E-state index contributed by atoms with van der Waals surface area (Å²) in [6.07, 6.45) is 0.716. The van der Waals surface area contributed by atoms with Crippen molar-refractivity contribution in [1.29, 1.82) is 0 Å². The van der Waals surface area contributed by atoms with Gasteiger partial charge >= 0.3 is 5.97 Å². The van der Waals surface area contributed by atoms with Gasteiger partial charge in [-0.05, 0) is 41.5 Å². The lowest BCUT2D eigenvalue weighted by molar-refractivity contribution is -0.140. The van der Waals surface area contributed by atoms with E-state index in [0.29, 0.717) is 13.0 Å². The molecule has 3 nitrogen and oxygen atoms in total. The third kappa shape index (κ3) is 2.38. The predicted molar refractivity (Wildman–Crippen MR) is 76.9 cm³/mol. The molecule has 1 saturated heterocycles. The smallest absolute Gasteiger partial charge is 0.308 e. The minimum Gasteiger partial charge on any atom is -0.481 e. The van der Waals surface area contributed by atoms with Gasteiger partial charge in [-0.25, -0.2) is 0 Å². The van der Waals surface area contributed by atoms with Crippen LogP contribution in [0.2, 0.25) is 5.02 Å². The lowest BCUT2D eigenvalue weighted by Gasteiger charge is -2.18. The number of fused-ring (bicyclic) bond motifs is 1. The Morgan fingerprint density at radius 2 is 1.95 bits per heavy atom. The molecule has 1 heterocycles. The summed E-state index contributed by atoms with van der Waals surface area (Å²) in [6, 6.07) is 12.0. The van der Waals surface area contributed by atoms with Crippen molar-refractivity contribution < 1.29 is 9.90 Å². The van der Waals surface area contributed by atoms with Gasteiger partial charge in [0.15, 0.2) is 0 Å². The van der Waals surface area contributed by atoms with Crippen molar-refractivity contribution in [2.75, 3.05) is 18.0 Å². The Balaban J connectivity index is 1.90. The SMILES string of the molecule is O=C(O)C1CCN(c2ccc3cc(Cl)ccc3c2)C1. The fraction of sp³-hybridized carbons (Fsp3) is 0.267. The first-order valence-corrected chi connectivity index (χ1v) is 6.68. The first-order chi connectivity index (χ1) is 9.13. The largest absolute Gasteiger partial charge is 0.481 e. The molecule has 1 aliphatic rings. The number of nitrogens with zero attached hydrogens (tertiary/aromatic N) is 1. The fourth-order valence-electron chi connectivity index (χ4n) is 2.60. The van der Waals surface area contributed by atoms with Crippen LogP contribution >= 0.6 is 11.6 Å². The molecular weight excluding hydrogens is 262 g/mol. The molecule has 1 aliphatic heterocycles. The molecule has 0 amide bonds. The molecule has 0 spiro atoms. The van der Waals surface area contributed by atoms with Crippen LogP contribution in [0.15, 0.2) is 36.4 Å². The van der Waals surface area contributed by atoms with E-state index in [9.17, 15) is 4.79 Å². The van der Waals surface area contributed by atoms with Gasteiger partial charge in [0, 0.05) is 23.8 Å². The van der Waals surface area contributed by atoms with Gasteiger partial charge in [0.1, 0.15) is 0 Å².